The van der Waals surface area contributed by atoms with Crippen LogP contribution in [0.25, 0.3) is 0 Å². The number of morpholine rings is 1. The Balaban J connectivity index is 1.50. The molecule has 0 saturated carbocycles. The van der Waals surface area contributed by atoms with Gasteiger partial charge in [0.15, 0.2) is 0 Å². The normalized spacial score (nSPS) is 19.0. The summed E-state index contributed by atoms with van der Waals surface area (Å²) in [5, 5.41) is 0. The molecule has 0 aromatic carbocycles. The van der Waals surface area contributed by atoms with Crippen molar-refractivity contribution in [1.82, 2.24) is 19.9 Å². The van der Waals surface area contributed by atoms with Crippen molar-refractivity contribution in [3.05, 3.63) is 42.1 Å². The molecule has 1 N–H and O–H groups in total. The third kappa shape index (κ3) is 4.53. The first-order chi connectivity index (χ1) is 11.2. The fraction of sp³-hybridized carbons (Fsp3) is 0.529. The van der Waals surface area contributed by atoms with Crippen LogP contribution in [0.1, 0.15) is 17.8 Å². The maximum absolute atomic E-state index is 5.93. The van der Waals surface area contributed by atoms with Crippen LogP contribution in [0.4, 0.5) is 5.82 Å². The number of pyridine rings is 1. The van der Waals surface area contributed by atoms with Crippen LogP contribution in [0.2, 0.25) is 0 Å². The van der Waals surface area contributed by atoms with Crippen LogP contribution in [0.5, 0.6) is 0 Å². The smallest absolute Gasteiger partial charge is 0.128 e. The van der Waals surface area contributed by atoms with Crippen LogP contribution in [-0.4, -0.2) is 59.7 Å². The SMILES string of the molecule is CN(C)c1cc(CC[C@H]2CN(Cc3ncc[nH]3)CCO2)ccn1. The average molecular weight is 315 g/mol. The summed E-state index contributed by atoms with van der Waals surface area (Å²) in [6.45, 7) is 3.60. The van der Waals surface area contributed by atoms with E-state index in [1.54, 1.807) is 6.20 Å². The Morgan fingerprint density at radius 2 is 2.26 bits per heavy atom. The summed E-state index contributed by atoms with van der Waals surface area (Å²) in [5.41, 5.74) is 1.32. The monoisotopic (exact) mass is 315 g/mol. The van der Waals surface area contributed by atoms with Gasteiger partial charge in [0, 0.05) is 45.8 Å². The van der Waals surface area contributed by atoms with E-state index in [9.17, 15) is 0 Å². The molecule has 1 atom stereocenters. The molecule has 0 radical (unpaired) electrons. The summed E-state index contributed by atoms with van der Waals surface area (Å²) in [6.07, 6.45) is 7.90. The van der Waals surface area contributed by atoms with E-state index in [0.29, 0.717) is 0 Å². The van der Waals surface area contributed by atoms with Gasteiger partial charge in [0.25, 0.3) is 0 Å². The van der Waals surface area contributed by atoms with E-state index in [4.69, 9.17) is 4.74 Å². The molecule has 23 heavy (non-hydrogen) atoms. The van der Waals surface area contributed by atoms with E-state index in [1.165, 1.54) is 5.56 Å². The molecule has 3 heterocycles. The summed E-state index contributed by atoms with van der Waals surface area (Å²) in [6, 6.07) is 4.25. The molecule has 1 aliphatic rings. The number of nitrogens with one attached hydrogen (secondary N) is 1. The lowest BCUT2D eigenvalue weighted by molar-refractivity contribution is -0.0352. The topological polar surface area (TPSA) is 57.3 Å². The van der Waals surface area contributed by atoms with Gasteiger partial charge in [0.05, 0.1) is 19.3 Å². The highest BCUT2D eigenvalue weighted by molar-refractivity contribution is 5.39. The maximum atomic E-state index is 5.93. The maximum Gasteiger partial charge on any atom is 0.128 e. The van der Waals surface area contributed by atoms with Gasteiger partial charge in [-0.3, -0.25) is 4.90 Å². The molecule has 0 aliphatic carbocycles. The molecule has 2 aromatic heterocycles. The van der Waals surface area contributed by atoms with Crippen molar-refractivity contribution in [3.8, 4) is 0 Å². The first-order valence-electron chi connectivity index (χ1n) is 8.15. The number of aryl methyl sites for hydroxylation is 1. The number of aromatic nitrogens is 3. The van der Waals surface area contributed by atoms with Gasteiger partial charge in [0.2, 0.25) is 0 Å². The number of ether oxygens (including phenoxy) is 1. The predicted molar refractivity (Wildman–Crippen MR) is 90.5 cm³/mol. The Morgan fingerprint density at radius 3 is 3.04 bits per heavy atom. The number of hydrogen-bond donors (Lipinski definition) is 1. The van der Waals surface area contributed by atoms with Crippen molar-refractivity contribution in [2.75, 3.05) is 38.7 Å². The van der Waals surface area contributed by atoms with Crippen molar-refractivity contribution >= 4 is 5.82 Å². The molecular weight excluding hydrogens is 290 g/mol. The first-order valence-corrected chi connectivity index (χ1v) is 8.15. The van der Waals surface area contributed by atoms with Crippen LogP contribution in [-0.2, 0) is 17.7 Å². The van der Waals surface area contributed by atoms with E-state index in [1.807, 2.05) is 31.4 Å². The molecule has 124 valence electrons. The quantitative estimate of drug-likeness (QED) is 0.879. The van der Waals surface area contributed by atoms with Crippen molar-refractivity contribution < 1.29 is 4.74 Å². The van der Waals surface area contributed by atoms with Crippen LogP contribution < -0.4 is 4.90 Å². The summed E-state index contributed by atoms with van der Waals surface area (Å²) >= 11 is 0. The molecule has 1 saturated heterocycles. The number of aromatic amines is 1. The van der Waals surface area contributed by atoms with Gasteiger partial charge < -0.3 is 14.6 Å². The first kappa shape index (κ1) is 16.0. The zero-order valence-electron chi connectivity index (χ0n) is 13.9. The van der Waals surface area contributed by atoms with E-state index < -0.39 is 0 Å². The highest BCUT2D eigenvalue weighted by Crippen LogP contribution is 2.16. The van der Waals surface area contributed by atoms with Gasteiger partial charge in [-0.05, 0) is 30.5 Å². The third-order valence-electron chi connectivity index (χ3n) is 4.17. The molecule has 0 amide bonds. The minimum atomic E-state index is 0.287. The van der Waals surface area contributed by atoms with Gasteiger partial charge in [-0.1, -0.05) is 0 Å². The molecule has 1 fully saturated rings. The second kappa shape index (κ2) is 7.57. The molecule has 1 aliphatic heterocycles. The van der Waals surface area contributed by atoms with Crippen molar-refractivity contribution in [3.63, 3.8) is 0 Å². The minimum Gasteiger partial charge on any atom is -0.376 e. The van der Waals surface area contributed by atoms with Gasteiger partial charge in [-0.2, -0.15) is 0 Å². The Kier molecular flexibility index (Phi) is 5.25. The Morgan fingerprint density at radius 1 is 1.35 bits per heavy atom. The Bertz CT molecular complexity index is 599. The number of imidazole rings is 1. The molecule has 6 heteroatoms. The number of H-pyrrole nitrogens is 1. The van der Waals surface area contributed by atoms with Crippen molar-refractivity contribution in [2.24, 2.45) is 0 Å². The highest BCUT2D eigenvalue weighted by atomic mass is 16.5. The lowest BCUT2D eigenvalue weighted by Crippen LogP contribution is -2.42. The van der Waals surface area contributed by atoms with Crippen LogP contribution in [0, 0.1) is 0 Å². The van der Waals surface area contributed by atoms with Crippen LogP contribution >= 0.6 is 0 Å². The van der Waals surface area contributed by atoms with Crippen LogP contribution in [0.3, 0.4) is 0 Å². The molecule has 0 spiro atoms. The Hall–Kier alpha value is -1.92. The number of hydrogen-bond acceptors (Lipinski definition) is 5. The fourth-order valence-electron chi connectivity index (χ4n) is 2.88. The van der Waals surface area contributed by atoms with Gasteiger partial charge in [-0.15, -0.1) is 0 Å². The van der Waals surface area contributed by atoms with Crippen LogP contribution in [0.15, 0.2) is 30.7 Å². The largest absolute Gasteiger partial charge is 0.376 e. The minimum absolute atomic E-state index is 0.287. The zero-order chi connectivity index (χ0) is 16.1. The highest BCUT2D eigenvalue weighted by Gasteiger charge is 2.21. The molecule has 0 bridgehead atoms. The second-order valence-electron chi connectivity index (χ2n) is 6.22. The molecular formula is C17H25N5O. The Labute approximate surface area is 137 Å². The third-order valence-corrected chi connectivity index (χ3v) is 4.17. The van der Waals surface area contributed by atoms with Gasteiger partial charge >= 0.3 is 0 Å². The summed E-state index contributed by atoms with van der Waals surface area (Å²) in [7, 11) is 4.03. The lowest BCUT2D eigenvalue weighted by atomic mass is 10.1. The summed E-state index contributed by atoms with van der Waals surface area (Å²) in [4.78, 5) is 16.3. The van der Waals surface area contributed by atoms with Crippen molar-refractivity contribution in [1.29, 1.82) is 0 Å². The van der Waals surface area contributed by atoms with Gasteiger partial charge in [0.1, 0.15) is 11.6 Å². The molecule has 3 rings (SSSR count). The second-order valence-corrected chi connectivity index (χ2v) is 6.22. The summed E-state index contributed by atoms with van der Waals surface area (Å²) in [5.74, 6) is 2.03. The fourth-order valence-corrected chi connectivity index (χ4v) is 2.88. The van der Waals surface area contributed by atoms with E-state index in [-0.39, 0.29) is 6.10 Å². The average Bonchev–Trinajstić information content (AvgIpc) is 3.06. The van der Waals surface area contributed by atoms with E-state index in [0.717, 1.165) is 50.7 Å². The number of anilines is 1. The molecule has 2 aromatic rings. The molecule has 0 unspecified atom stereocenters. The number of rotatable bonds is 6. The standard InChI is InChI=1S/C17H25N5O/c1-21(2)17-11-14(5-6-20-17)3-4-15-12-22(9-10-23-15)13-16-18-7-8-19-16/h5-8,11,15H,3-4,9-10,12-13H2,1-2H3,(H,18,19)/t15-/m0/s1. The zero-order valence-corrected chi connectivity index (χ0v) is 13.9. The molecule has 6 nitrogen and oxygen atoms in total. The number of nitrogens with zero attached hydrogens (tertiary/aromatic N) is 4. The summed E-state index contributed by atoms with van der Waals surface area (Å²) < 4.78 is 5.93. The van der Waals surface area contributed by atoms with E-state index in [2.05, 4.69) is 32.0 Å². The lowest BCUT2D eigenvalue weighted by Gasteiger charge is -2.32. The van der Waals surface area contributed by atoms with Gasteiger partial charge in [-0.25, -0.2) is 9.97 Å². The van der Waals surface area contributed by atoms with Crippen molar-refractivity contribution in [2.45, 2.75) is 25.5 Å². The van der Waals surface area contributed by atoms with E-state index >= 15 is 0 Å². The predicted octanol–water partition coefficient (Wildman–Crippen LogP) is 1.70.